The molecule has 2 aromatic carbocycles. The average molecular weight is 221 g/mol. The van der Waals surface area contributed by atoms with Gasteiger partial charge < -0.3 is 5.32 Å². The molecule has 0 aliphatic carbocycles. The van der Waals surface area contributed by atoms with Crippen molar-refractivity contribution < 1.29 is 0 Å². The molecule has 2 heteroatoms. The van der Waals surface area contributed by atoms with E-state index in [0.717, 1.165) is 13.1 Å². The van der Waals surface area contributed by atoms with Gasteiger partial charge in [-0.1, -0.05) is 66.2 Å². The summed E-state index contributed by atoms with van der Waals surface area (Å²) in [5, 5.41) is 3.37. The van der Waals surface area contributed by atoms with E-state index in [1.165, 1.54) is 11.1 Å². The summed E-state index contributed by atoms with van der Waals surface area (Å²) in [5.74, 6) is 0.0555. The Balaban J connectivity index is 1.79. The van der Waals surface area contributed by atoms with E-state index < -0.39 is 0 Å². The summed E-state index contributed by atoms with van der Waals surface area (Å²) in [7, 11) is 6.10. The lowest BCUT2D eigenvalue weighted by Gasteiger charge is -2.13. The molecule has 0 bridgehead atoms. The van der Waals surface area contributed by atoms with Crippen LogP contribution in [0.2, 0.25) is 0 Å². The molecule has 0 unspecified atom stereocenters. The van der Waals surface area contributed by atoms with Crippen LogP contribution in [-0.2, 0) is 6.54 Å². The minimum absolute atomic E-state index is 0.0555. The molecule has 0 saturated carbocycles. The monoisotopic (exact) mass is 221 g/mol. The molecule has 0 heterocycles. The van der Waals surface area contributed by atoms with Crippen LogP contribution in [0.25, 0.3) is 0 Å². The topological polar surface area (TPSA) is 12.0 Å². The summed E-state index contributed by atoms with van der Waals surface area (Å²) in [6, 6.07) is 20.5. The van der Waals surface area contributed by atoms with E-state index in [2.05, 4.69) is 29.6 Å². The molecule has 84 valence electrons. The van der Waals surface area contributed by atoms with Crippen molar-refractivity contribution in [2.24, 2.45) is 0 Å². The van der Waals surface area contributed by atoms with Gasteiger partial charge in [0.2, 0.25) is 0 Å². The van der Waals surface area contributed by atoms with Crippen LogP contribution >= 0.6 is 0 Å². The molecule has 0 saturated heterocycles. The van der Waals surface area contributed by atoms with Crippen molar-refractivity contribution in [3.63, 3.8) is 0 Å². The summed E-state index contributed by atoms with van der Waals surface area (Å²) in [6.45, 7) is 1.65. The lowest BCUT2D eigenvalue weighted by Crippen LogP contribution is -2.21. The minimum Gasteiger partial charge on any atom is -0.313 e. The van der Waals surface area contributed by atoms with Crippen LogP contribution in [0.1, 0.15) is 16.9 Å². The minimum atomic E-state index is 0.0555. The van der Waals surface area contributed by atoms with Crippen LogP contribution in [0.3, 0.4) is 0 Å². The zero-order valence-corrected chi connectivity index (χ0v) is 9.84. The van der Waals surface area contributed by atoms with E-state index in [1.54, 1.807) is 0 Å². The lowest BCUT2D eigenvalue weighted by atomic mass is 9.81. The van der Waals surface area contributed by atoms with E-state index in [4.69, 9.17) is 7.85 Å². The second-order valence-corrected chi connectivity index (χ2v) is 4.13. The first-order valence-corrected chi connectivity index (χ1v) is 5.91. The van der Waals surface area contributed by atoms with Gasteiger partial charge in [-0.3, -0.25) is 0 Å². The van der Waals surface area contributed by atoms with E-state index in [0.29, 0.717) is 0 Å². The highest BCUT2D eigenvalue weighted by Crippen LogP contribution is 2.10. The Morgan fingerprint density at radius 2 is 1.47 bits per heavy atom. The Kier molecular flexibility index (Phi) is 4.40. The maximum Gasteiger partial charge on any atom is 0.0781 e. The molecule has 1 N–H and O–H groups in total. The Morgan fingerprint density at radius 3 is 2.12 bits per heavy atom. The van der Waals surface area contributed by atoms with Gasteiger partial charge in [-0.2, -0.15) is 0 Å². The third kappa shape index (κ3) is 3.75. The summed E-state index contributed by atoms with van der Waals surface area (Å²) in [5.41, 5.74) is 2.46. The van der Waals surface area contributed by atoms with Gasteiger partial charge in [0.05, 0.1) is 7.85 Å². The number of nitrogens with one attached hydrogen (secondary N) is 1. The second-order valence-electron chi connectivity index (χ2n) is 4.13. The number of benzene rings is 2. The van der Waals surface area contributed by atoms with E-state index >= 15 is 0 Å². The van der Waals surface area contributed by atoms with Crippen LogP contribution < -0.4 is 5.32 Å². The Hall–Kier alpha value is -1.54. The van der Waals surface area contributed by atoms with Gasteiger partial charge in [-0.25, -0.2) is 0 Å². The van der Waals surface area contributed by atoms with Gasteiger partial charge in [-0.05, 0) is 17.9 Å². The molecule has 0 aliphatic rings. The SMILES string of the molecule is [B][C@@H](CNCc1ccccc1)c1ccccc1. The van der Waals surface area contributed by atoms with Gasteiger partial charge in [-0.15, -0.1) is 0 Å². The van der Waals surface area contributed by atoms with E-state index in [9.17, 15) is 0 Å². The number of rotatable bonds is 5. The van der Waals surface area contributed by atoms with Crippen LogP contribution in [0.5, 0.6) is 0 Å². The molecule has 0 fully saturated rings. The van der Waals surface area contributed by atoms with Crippen molar-refractivity contribution in [1.82, 2.24) is 5.32 Å². The van der Waals surface area contributed by atoms with Crippen molar-refractivity contribution in [2.75, 3.05) is 6.54 Å². The Bertz CT molecular complexity index is 427. The van der Waals surface area contributed by atoms with Gasteiger partial charge in [0.25, 0.3) is 0 Å². The Morgan fingerprint density at radius 1 is 0.882 bits per heavy atom. The fourth-order valence-electron chi connectivity index (χ4n) is 1.79. The molecule has 2 rings (SSSR count). The summed E-state index contributed by atoms with van der Waals surface area (Å²) < 4.78 is 0. The molecule has 2 aromatic rings. The highest BCUT2D eigenvalue weighted by atomic mass is 14.8. The predicted octanol–water partition coefficient (Wildman–Crippen LogP) is 2.69. The molecular weight excluding hydrogens is 205 g/mol. The number of hydrogen-bond acceptors (Lipinski definition) is 1. The van der Waals surface area contributed by atoms with Gasteiger partial charge in [0.15, 0.2) is 0 Å². The zero-order valence-electron chi connectivity index (χ0n) is 9.84. The summed E-state index contributed by atoms with van der Waals surface area (Å²) in [4.78, 5) is 0. The Labute approximate surface area is 104 Å². The van der Waals surface area contributed by atoms with Crippen molar-refractivity contribution >= 4 is 7.85 Å². The molecular formula is C15H16BN. The first-order valence-electron chi connectivity index (χ1n) is 5.91. The zero-order chi connectivity index (χ0) is 11.9. The van der Waals surface area contributed by atoms with Crippen LogP contribution in [-0.4, -0.2) is 14.4 Å². The highest BCUT2D eigenvalue weighted by molar-refractivity contribution is 6.12. The summed E-state index contributed by atoms with van der Waals surface area (Å²) >= 11 is 0. The first-order chi connectivity index (χ1) is 8.36. The molecule has 0 spiro atoms. The van der Waals surface area contributed by atoms with Crippen LogP contribution in [0.4, 0.5) is 0 Å². The first kappa shape index (κ1) is 11.9. The number of hydrogen-bond donors (Lipinski definition) is 1. The predicted molar refractivity (Wildman–Crippen MR) is 73.1 cm³/mol. The van der Waals surface area contributed by atoms with Crippen molar-refractivity contribution in [1.29, 1.82) is 0 Å². The molecule has 17 heavy (non-hydrogen) atoms. The standard InChI is InChI=1S/C15H16BN/c16-15(14-9-5-2-6-10-14)12-17-11-13-7-3-1-4-8-13/h1-10,15,17H,11-12H2/t15-/m0/s1. The van der Waals surface area contributed by atoms with Gasteiger partial charge in [0.1, 0.15) is 0 Å². The summed E-state index contributed by atoms with van der Waals surface area (Å²) in [6.07, 6.45) is 0. The highest BCUT2D eigenvalue weighted by Gasteiger charge is 2.03. The molecule has 0 aromatic heterocycles. The normalized spacial score (nSPS) is 12.2. The molecule has 1 nitrogen and oxygen atoms in total. The maximum atomic E-state index is 6.10. The molecule has 2 radical (unpaired) electrons. The molecule has 0 aliphatic heterocycles. The van der Waals surface area contributed by atoms with Crippen LogP contribution in [0.15, 0.2) is 60.7 Å². The lowest BCUT2D eigenvalue weighted by molar-refractivity contribution is 0.674. The van der Waals surface area contributed by atoms with Crippen LogP contribution in [0, 0.1) is 0 Å². The maximum absolute atomic E-state index is 6.10. The third-order valence-electron chi connectivity index (χ3n) is 2.76. The smallest absolute Gasteiger partial charge is 0.0781 e. The molecule has 1 atom stereocenters. The second kappa shape index (κ2) is 6.26. The third-order valence-corrected chi connectivity index (χ3v) is 2.76. The van der Waals surface area contributed by atoms with E-state index in [1.807, 2.05) is 36.4 Å². The van der Waals surface area contributed by atoms with Crippen molar-refractivity contribution in [2.45, 2.75) is 12.4 Å². The van der Waals surface area contributed by atoms with E-state index in [-0.39, 0.29) is 5.82 Å². The van der Waals surface area contributed by atoms with Crippen molar-refractivity contribution in [3.8, 4) is 0 Å². The fourth-order valence-corrected chi connectivity index (χ4v) is 1.79. The fraction of sp³-hybridized carbons (Fsp3) is 0.200. The van der Waals surface area contributed by atoms with Gasteiger partial charge >= 0.3 is 0 Å². The van der Waals surface area contributed by atoms with Gasteiger partial charge in [0, 0.05) is 6.54 Å². The quantitative estimate of drug-likeness (QED) is 0.765. The van der Waals surface area contributed by atoms with Crippen molar-refractivity contribution in [3.05, 3.63) is 71.8 Å². The average Bonchev–Trinajstić information content (AvgIpc) is 2.41. The largest absolute Gasteiger partial charge is 0.313 e. The molecule has 0 amide bonds.